The molecule has 1 aromatic carbocycles. The Labute approximate surface area is 95.5 Å². The van der Waals surface area contributed by atoms with E-state index >= 15 is 0 Å². The lowest BCUT2D eigenvalue weighted by Gasteiger charge is -2.09. The predicted octanol–water partition coefficient (Wildman–Crippen LogP) is 2.83. The second-order valence-corrected chi connectivity index (χ2v) is 3.43. The number of rotatable bonds is 3. The van der Waals surface area contributed by atoms with Gasteiger partial charge in [0.05, 0.1) is 6.33 Å². The Hall–Kier alpha value is -1.98. The quantitative estimate of drug-likeness (QED) is 0.827. The molecular formula is C11H9F3N2O. The second-order valence-electron chi connectivity index (χ2n) is 3.43. The molecule has 0 amide bonds. The monoisotopic (exact) mass is 242 g/mol. The molecular weight excluding hydrogens is 233 g/mol. The molecule has 0 spiro atoms. The zero-order valence-corrected chi connectivity index (χ0v) is 8.69. The van der Waals surface area contributed by atoms with Crippen LogP contribution in [0.1, 0.15) is 5.56 Å². The Balaban J connectivity index is 2.03. The zero-order valence-electron chi connectivity index (χ0n) is 8.69. The van der Waals surface area contributed by atoms with Crippen molar-refractivity contribution in [2.45, 2.75) is 12.9 Å². The molecule has 1 heterocycles. The lowest BCUT2D eigenvalue weighted by Crippen LogP contribution is -2.17. The van der Waals surface area contributed by atoms with Crippen molar-refractivity contribution in [2.24, 2.45) is 0 Å². The molecule has 0 saturated carbocycles. The van der Waals surface area contributed by atoms with Gasteiger partial charge in [-0.2, -0.15) is 0 Å². The fourth-order valence-electron chi connectivity index (χ4n) is 1.39. The van der Waals surface area contributed by atoms with E-state index < -0.39 is 6.36 Å². The molecule has 0 atom stereocenters. The summed E-state index contributed by atoms with van der Waals surface area (Å²) in [5.41, 5.74) is 0.873. The van der Waals surface area contributed by atoms with Gasteiger partial charge in [-0.3, -0.25) is 0 Å². The van der Waals surface area contributed by atoms with Gasteiger partial charge in [-0.25, -0.2) is 4.98 Å². The molecule has 3 nitrogen and oxygen atoms in total. The van der Waals surface area contributed by atoms with E-state index in [0.717, 1.165) is 5.56 Å². The number of imidazole rings is 1. The number of benzene rings is 1. The van der Waals surface area contributed by atoms with Crippen LogP contribution in [0.3, 0.4) is 0 Å². The number of aromatic nitrogens is 2. The largest absolute Gasteiger partial charge is 0.573 e. The Morgan fingerprint density at radius 3 is 2.41 bits per heavy atom. The fraction of sp³-hybridized carbons (Fsp3) is 0.182. The molecule has 0 N–H and O–H groups in total. The smallest absolute Gasteiger partial charge is 0.406 e. The van der Waals surface area contributed by atoms with E-state index in [4.69, 9.17) is 0 Å². The maximum Gasteiger partial charge on any atom is 0.573 e. The SMILES string of the molecule is FC(F)(F)Oc1ccc(Cn2ccnc2)cc1. The number of hydrogen-bond donors (Lipinski definition) is 0. The average molecular weight is 242 g/mol. The summed E-state index contributed by atoms with van der Waals surface area (Å²) >= 11 is 0. The maximum atomic E-state index is 11.9. The summed E-state index contributed by atoms with van der Waals surface area (Å²) in [4.78, 5) is 3.87. The first kappa shape index (κ1) is 11.5. The van der Waals surface area contributed by atoms with Crippen LogP contribution in [0.25, 0.3) is 0 Å². The summed E-state index contributed by atoms with van der Waals surface area (Å²) in [5.74, 6) is -0.216. The summed E-state index contributed by atoms with van der Waals surface area (Å²) in [7, 11) is 0. The van der Waals surface area contributed by atoms with E-state index in [2.05, 4.69) is 9.72 Å². The van der Waals surface area contributed by atoms with E-state index in [1.807, 2.05) is 4.57 Å². The molecule has 0 fully saturated rings. The molecule has 0 unspecified atom stereocenters. The van der Waals surface area contributed by atoms with E-state index in [1.54, 1.807) is 30.9 Å². The molecule has 2 aromatic rings. The molecule has 0 radical (unpaired) electrons. The average Bonchev–Trinajstić information content (AvgIpc) is 2.71. The number of hydrogen-bond acceptors (Lipinski definition) is 2. The van der Waals surface area contributed by atoms with Crippen molar-refractivity contribution in [3.8, 4) is 5.75 Å². The number of nitrogens with zero attached hydrogens (tertiary/aromatic N) is 2. The van der Waals surface area contributed by atoms with Gasteiger partial charge in [0.1, 0.15) is 5.75 Å². The number of halogens is 3. The maximum absolute atomic E-state index is 11.9. The molecule has 0 aliphatic heterocycles. The minimum Gasteiger partial charge on any atom is -0.406 e. The molecule has 6 heteroatoms. The van der Waals surface area contributed by atoms with Crippen LogP contribution in [-0.2, 0) is 6.54 Å². The van der Waals surface area contributed by atoms with Crippen LogP contribution in [0.4, 0.5) is 13.2 Å². The fourth-order valence-corrected chi connectivity index (χ4v) is 1.39. The van der Waals surface area contributed by atoms with Gasteiger partial charge >= 0.3 is 6.36 Å². The van der Waals surface area contributed by atoms with Crippen molar-refractivity contribution >= 4 is 0 Å². The highest BCUT2D eigenvalue weighted by atomic mass is 19.4. The molecule has 2 rings (SSSR count). The van der Waals surface area contributed by atoms with Crippen molar-refractivity contribution in [3.63, 3.8) is 0 Å². The van der Waals surface area contributed by atoms with Gasteiger partial charge in [0.15, 0.2) is 0 Å². The highest BCUT2D eigenvalue weighted by Crippen LogP contribution is 2.22. The normalized spacial score (nSPS) is 11.5. The minimum absolute atomic E-state index is 0.216. The van der Waals surface area contributed by atoms with Crippen LogP contribution in [0, 0.1) is 0 Å². The summed E-state index contributed by atoms with van der Waals surface area (Å²) in [5, 5.41) is 0. The molecule has 1 aromatic heterocycles. The highest BCUT2D eigenvalue weighted by Gasteiger charge is 2.30. The lowest BCUT2D eigenvalue weighted by molar-refractivity contribution is -0.274. The van der Waals surface area contributed by atoms with Crippen LogP contribution >= 0.6 is 0 Å². The Morgan fingerprint density at radius 2 is 1.88 bits per heavy atom. The van der Waals surface area contributed by atoms with Crippen LogP contribution in [-0.4, -0.2) is 15.9 Å². The van der Waals surface area contributed by atoms with Crippen molar-refractivity contribution in [1.82, 2.24) is 9.55 Å². The summed E-state index contributed by atoms with van der Waals surface area (Å²) in [6.07, 6.45) is 0.410. The van der Waals surface area contributed by atoms with Crippen LogP contribution in [0.2, 0.25) is 0 Å². The first-order valence-corrected chi connectivity index (χ1v) is 4.83. The van der Waals surface area contributed by atoms with Crippen LogP contribution in [0.5, 0.6) is 5.75 Å². The van der Waals surface area contributed by atoms with Gasteiger partial charge < -0.3 is 9.30 Å². The lowest BCUT2D eigenvalue weighted by atomic mass is 10.2. The summed E-state index contributed by atoms with van der Waals surface area (Å²) in [6.45, 7) is 0.562. The molecule has 0 aliphatic carbocycles. The van der Waals surface area contributed by atoms with Gasteiger partial charge in [-0.15, -0.1) is 13.2 Å². The van der Waals surface area contributed by atoms with Gasteiger partial charge in [0, 0.05) is 18.9 Å². The molecule has 90 valence electrons. The van der Waals surface area contributed by atoms with Crippen LogP contribution < -0.4 is 4.74 Å². The van der Waals surface area contributed by atoms with Crippen molar-refractivity contribution in [2.75, 3.05) is 0 Å². The topological polar surface area (TPSA) is 27.1 Å². The third-order valence-corrected chi connectivity index (χ3v) is 2.08. The summed E-state index contributed by atoms with van der Waals surface area (Å²) in [6, 6.07) is 5.75. The van der Waals surface area contributed by atoms with Gasteiger partial charge in [0.2, 0.25) is 0 Å². The molecule has 0 saturated heterocycles. The minimum atomic E-state index is -4.65. The van der Waals surface area contributed by atoms with E-state index in [1.165, 1.54) is 12.1 Å². The zero-order chi connectivity index (χ0) is 12.3. The van der Waals surface area contributed by atoms with E-state index in [-0.39, 0.29) is 5.75 Å². The van der Waals surface area contributed by atoms with E-state index in [9.17, 15) is 13.2 Å². The first-order valence-electron chi connectivity index (χ1n) is 4.83. The number of alkyl halides is 3. The van der Waals surface area contributed by atoms with Crippen molar-refractivity contribution in [3.05, 3.63) is 48.5 Å². The third-order valence-electron chi connectivity index (χ3n) is 2.08. The predicted molar refractivity (Wildman–Crippen MR) is 54.5 cm³/mol. The standard InChI is InChI=1S/C11H9F3N2O/c12-11(13,14)17-10-3-1-9(2-4-10)7-16-6-5-15-8-16/h1-6,8H,7H2. The first-order chi connectivity index (χ1) is 8.03. The Bertz CT molecular complexity index is 462. The molecule has 0 aliphatic rings. The Kier molecular flexibility index (Phi) is 3.03. The second kappa shape index (κ2) is 4.48. The van der Waals surface area contributed by atoms with Crippen molar-refractivity contribution in [1.29, 1.82) is 0 Å². The van der Waals surface area contributed by atoms with Crippen LogP contribution in [0.15, 0.2) is 43.0 Å². The van der Waals surface area contributed by atoms with E-state index in [0.29, 0.717) is 6.54 Å². The Morgan fingerprint density at radius 1 is 1.18 bits per heavy atom. The molecule has 0 bridgehead atoms. The van der Waals surface area contributed by atoms with Crippen molar-refractivity contribution < 1.29 is 17.9 Å². The van der Waals surface area contributed by atoms with Gasteiger partial charge in [-0.05, 0) is 17.7 Å². The summed E-state index contributed by atoms with van der Waals surface area (Å²) < 4.78 is 41.3. The van der Waals surface area contributed by atoms with Gasteiger partial charge in [-0.1, -0.05) is 12.1 Å². The van der Waals surface area contributed by atoms with Gasteiger partial charge in [0.25, 0.3) is 0 Å². The third kappa shape index (κ3) is 3.51. The number of ether oxygens (including phenoxy) is 1. The highest BCUT2D eigenvalue weighted by molar-refractivity contribution is 5.27. The molecule has 17 heavy (non-hydrogen) atoms.